The molecule has 0 saturated carbocycles. The summed E-state index contributed by atoms with van der Waals surface area (Å²) in [5.41, 5.74) is 6.57. The van der Waals surface area contributed by atoms with Crippen molar-refractivity contribution in [3.8, 4) is 0 Å². The first-order valence-corrected chi connectivity index (χ1v) is 6.86. The Balaban J connectivity index is 2.10. The Morgan fingerprint density at radius 3 is 2.06 bits per heavy atom. The summed E-state index contributed by atoms with van der Waals surface area (Å²) in [6.45, 7) is -0.0587. The molecule has 0 amide bonds. The predicted molar refractivity (Wildman–Crippen MR) is 76.6 cm³/mol. The predicted octanol–water partition coefficient (Wildman–Crippen LogP) is 2.63. The lowest BCUT2D eigenvalue weighted by atomic mass is 9.94. The van der Waals surface area contributed by atoms with Gasteiger partial charge in [-0.3, -0.25) is 0 Å². The highest BCUT2D eigenvalue weighted by Crippen LogP contribution is 2.27. The van der Waals surface area contributed by atoms with Gasteiger partial charge in [-0.25, -0.2) is 0 Å². The highest BCUT2D eigenvalue weighted by Gasteiger charge is 2.26. The lowest BCUT2D eigenvalue weighted by molar-refractivity contribution is 0.213. The lowest BCUT2D eigenvalue weighted by Crippen LogP contribution is -2.43. The van der Waals surface area contributed by atoms with E-state index >= 15 is 0 Å². The second-order valence-electron chi connectivity index (χ2n) is 4.28. The zero-order chi connectivity index (χ0) is 12.8. The van der Waals surface area contributed by atoms with Crippen LogP contribution in [0.2, 0.25) is 0 Å². The molecule has 0 fully saturated rings. The Hall–Kier alpha value is -1.29. The third-order valence-corrected chi connectivity index (χ3v) is 4.14. The third kappa shape index (κ3) is 3.13. The minimum atomic E-state index is -0.693. The molecule has 3 N–H and O–H groups in total. The van der Waals surface area contributed by atoms with Gasteiger partial charge in [0.15, 0.2) is 0 Å². The zero-order valence-electron chi connectivity index (χ0n) is 10.1. The van der Waals surface area contributed by atoms with Gasteiger partial charge in [-0.05, 0) is 17.7 Å². The van der Waals surface area contributed by atoms with Crippen LogP contribution in [0.3, 0.4) is 0 Å². The summed E-state index contributed by atoms with van der Waals surface area (Å²) in [6.07, 6.45) is 0. The molecule has 0 aromatic heterocycles. The van der Waals surface area contributed by atoms with Crippen LogP contribution >= 0.6 is 11.8 Å². The standard InChI is InChI=1S/C15H17NOS/c16-15(11-17,13-7-3-1-4-8-13)12-18-14-9-5-2-6-10-14/h1-10,17H,11-12,16H2. The highest BCUT2D eigenvalue weighted by atomic mass is 32.2. The molecule has 0 heterocycles. The maximum Gasteiger partial charge on any atom is 0.0739 e. The molecule has 1 unspecified atom stereocenters. The summed E-state index contributed by atoms with van der Waals surface area (Å²) in [4.78, 5) is 1.16. The van der Waals surface area contributed by atoms with Gasteiger partial charge in [0, 0.05) is 10.6 Å². The van der Waals surface area contributed by atoms with Crippen molar-refractivity contribution in [2.45, 2.75) is 10.4 Å². The van der Waals surface area contributed by atoms with E-state index in [1.54, 1.807) is 11.8 Å². The molecular weight excluding hydrogens is 242 g/mol. The van der Waals surface area contributed by atoms with Crippen molar-refractivity contribution < 1.29 is 5.11 Å². The van der Waals surface area contributed by atoms with Crippen molar-refractivity contribution in [2.24, 2.45) is 5.73 Å². The van der Waals surface area contributed by atoms with Crippen molar-refractivity contribution in [2.75, 3.05) is 12.4 Å². The van der Waals surface area contributed by atoms with Crippen LogP contribution < -0.4 is 5.73 Å². The van der Waals surface area contributed by atoms with E-state index in [-0.39, 0.29) is 6.61 Å². The fourth-order valence-electron chi connectivity index (χ4n) is 1.72. The smallest absolute Gasteiger partial charge is 0.0739 e. The third-order valence-electron chi connectivity index (χ3n) is 2.87. The van der Waals surface area contributed by atoms with Crippen molar-refractivity contribution in [3.63, 3.8) is 0 Å². The van der Waals surface area contributed by atoms with E-state index in [1.807, 2.05) is 60.7 Å². The van der Waals surface area contributed by atoms with E-state index in [2.05, 4.69) is 0 Å². The number of aliphatic hydroxyl groups is 1. The van der Waals surface area contributed by atoms with E-state index < -0.39 is 5.54 Å². The molecule has 18 heavy (non-hydrogen) atoms. The Morgan fingerprint density at radius 2 is 1.50 bits per heavy atom. The van der Waals surface area contributed by atoms with E-state index in [0.29, 0.717) is 5.75 Å². The molecule has 0 bridgehead atoms. The Morgan fingerprint density at radius 1 is 0.944 bits per heavy atom. The molecule has 0 aliphatic heterocycles. The van der Waals surface area contributed by atoms with Gasteiger partial charge in [0.25, 0.3) is 0 Å². The lowest BCUT2D eigenvalue weighted by Gasteiger charge is -2.27. The molecule has 0 saturated heterocycles. The first kappa shape index (κ1) is 13.1. The number of aliphatic hydroxyl groups excluding tert-OH is 1. The molecule has 1 atom stereocenters. The van der Waals surface area contributed by atoms with Crippen LogP contribution in [-0.2, 0) is 5.54 Å². The molecule has 2 rings (SSSR count). The maximum absolute atomic E-state index is 9.58. The van der Waals surface area contributed by atoms with E-state index in [4.69, 9.17) is 5.73 Å². The van der Waals surface area contributed by atoms with Crippen LogP contribution in [-0.4, -0.2) is 17.5 Å². The number of benzene rings is 2. The van der Waals surface area contributed by atoms with Gasteiger partial charge in [-0.1, -0.05) is 48.5 Å². The Labute approximate surface area is 112 Å². The largest absolute Gasteiger partial charge is 0.394 e. The minimum Gasteiger partial charge on any atom is -0.394 e. The molecule has 2 aromatic rings. The fourth-order valence-corrected chi connectivity index (χ4v) is 2.75. The molecular formula is C15H17NOS. The normalized spacial score (nSPS) is 14.1. The molecule has 0 radical (unpaired) electrons. The topological polar surface area (TPSA) is 46.2 Å². The van der Waals surface area contributed by atoms with Crippen LogP contribution in [0, 0.1) is 0 Å². The first-order chi connectivity index (χ1) is 8.74. The van der Waals surface area contributed by atoms with Crippen LogP contribution in [0.5, 0.6) is 0 Å². The monoisotopic (exact) mass is 259 g/mol. The van der Waals surface area contributed by atoms with Gasteiger partial charge in [0.1, 0.15) is 0 Å². The van der Waals surface area contributed by atoms with Crippen molar-refractivity contribution in [3.05, 3.63) is 66.2 Å². The first-order valence-electron chi connectivity index (χ1n) is 5.88. The Bertz CT molecular complexity index is 474. The van der Waals surface area contributed by atoms with E-state index in [1.165, 1.54) is 0 Å². The van der Waals surface area contributed by atoms with Crippen LogP contribution in [0.15, 0.2) is 65.6 Å². The molecule has 2 aromatic carbocycles. The summed E-state index contributed by atoms with van der Waals surface area (Å²) in [5.74, 6) is 0.650. The van der Waals surface area contributed by atoms with E-state index in [0.717, 1.165) is 10.5 Å². The number of hydrogen-bond acceptors (Lipinski definition) is 3. The summed E-state index contributed by atoms with van der Waals surface area (Å²) in [5, 5.41) is 9.58. The quantitative estimate of drug-likeness (QED) is 0.811. The van der Waals surface area contributed by atoms with Crippen LogP contribution in [0.1, 0.15) is 5.56 Å². The van der Waals surface area contributed by atoms with Crippen LogP contribution in [0.25, 0.3) is 0 Å². The summed E-state index contributed by atoms with van der Waals surface area (Å²) >= 11 is 1.66. The second-order valence-corrected chi connectivity index (χ2v) is 5.33. The maximum atomic E-state index is 9.58. The number of hydrogen-bond donors (Lipinski definition) is 2. The van der Waals surface area contributed by atoms with Gasteiger partial charge < -0.3 is 10.8 Å². The second kappa shape index (κ2) is 6.05. The van der Waals surface area contributed by atoms with Crippen LogP contribution in [0.4, 0.5) is 0 Å². The molecule has 2 nitrogen and oxygen atoms in total. The number of rotatable bonds is 5. The zero-order valence-corrected chi connectivity index (χ0v) is 10.9. The van der Waals surface area contributed by atoms with Gasteiger partial charge in [0.05, 0.1) is 12.1 Å². The summed E-state index contributed by atoms with van der Waals surface area (Å²) < 4.78 is 0. The molecule has 3 heteroatoms. The number of thioether (sulfide) groups is 1. The average Bonchev–Trinajstić information content (AvgIpc) is 2.47. The van der Waals surface area contributed by atoms with Crippen molar-refractivity contribution in [1.29, 1.82) is 0 Å². The summed E-state index contributed by atoms with van der Waals surface area (Å²) in [6, 6.07) is 19.8. The molecule has 94 valence electrons. The van der Waals surface area contributed by atoms with Crippen molar-refractivity contribution >= 4 is 11.8 Å². The minimum absolute atomic E-state index is 0.0587. The highest BCUT2D eigenvalue weighted by molar-refractivity contribution is 7.99. The molecule has 0 aliphatic rings. The molecule has 0 spiro atoms. The van der Waals surface area contributed by atoms with Gasteiger partial charge in [-0.15, -0.1) is 11.8 Å². The van der Waals surface area contributed by atoms with E-state index in [9.17, 15) is 5.11 Å². The SMILES string of the molecule is NC(CO)(CSc1ccccc1)c1ccccc1. The van der Waals surface area contributed by atoms with Crippen molar-refractivity contribution in [1.82, 2.24) is 0 Å². The van der Waals surface area contributed by atoms with Gasteiger partial charge in [-0.2, -0.15) is 0 Å². The average molecular weight is 259 g/mol. The molecule has 0 aliphatic carbocycles. The Kier molecular flexibility index (Phi) is 4.42. The summed E-state index contributed by atoms with van der Waals surface area (Å²) in [7, 11) is 0. The fraction of sp³-hybridized carbons (Fsp3) is 0.200. The van der Waals surface area contributed by atoms with Gasteiger partial charge >= 0.3 is 0 Å². The van der Waals surface area contributed by atoms with Gasteiger partial charge in [0.2, 0.25) is 0 Å². The number of nitrogens with two attached hydrogens (primary N) is 1.